The highest BCUT2D eigenvalue weighted by Gasteiger charge is 2.17. The molecule has 6 nitrogen and oxygen atoms in total. The van der Waals surface area contributed by atoms with Gasteiger partial charge >= 0.3 is 0 Å². The summed E-state index contributed by atoms with van der Waals surface area (Å²) < 4.78 is 10.7. The molecule has 2 aromatic carbocycles. The third-order valence-electron chi connectivity index (χ3n) is 4.73. The van der Waals surface area contributed by atoms with Gasteiger partial charge in [-0.1, -0.05) is 42.4 Å². The third-order valence-corrected chi connectivity index (χ3v) is 4.73. The van der Waals surface area contributed by atoms with E-state index in [4.69, 9.17) is 9.26 Å². The molecule has 4 aromatic rings. The lowest BCUT2D eigenvalue weighted by atomic mass is 10.0. The van der Waals surface area contributed by atoms with Crippen molar-refractivity contribution in [3.8, 4) is 28.6 Å². The molecular weight excluding hydrogens is 364 g/mol. The maximum atomic E-state index is 5.55. The lowest BCUT2D eigenvalue weighted by Gasteiger charge is -2.19. The fourth-order valence-corrected chi connectivity index (χ4v) is 3.15. The first-order valence-electron chi connectivity index (χ1n) is 9.53. The number of ether oxygens (including phenoxy) is 1. The fourth-order valence-electron chi connectivity index (χ4n) is 3.15. The Bertz CT molecular complexity index is 1060. The average molecular weight is 386 g/mol. The van der Waals surface area contributed by atoms with E-state index in [-0.39, 0.29) is 6.04 Å². The number of anilines is 1. The van der Waals surface area contributed by atoms with Crippen molar-refractivity contribution in [1.29, 1.82) is 0 Å². The number of methoxy groups -OCH3 is 1. The normalized spacial score (nSPS) is 11.8. The summed E-state index contributed by atoms with van der Waals surface area (Å²) in [5, 5.41) is 7.66. The zero-order chi connectivity index (χ0) is 20.1. The van der Waals surface area contributed by atoms with Gasteiger partial charge in [0.2, 0.25) is 5.82 Å². The Morgan fingerprint density at radius 1 is 1.00 bits per heavy atom. The average Bonchev–Trinajstić information content (AvgIpc) is 3.28. The summed E-state index contributed by atoms with van der Waals surface area (Å²) in [5.41, 5.74) is 2.83. The molecule has 0 unspecified atom stereocenters. The second-order valence-electron chi connectivity index (χ2n) is 6.57. The van der Waals surface area contributed by atoms with Crippen LogP contribution in [-0.2, 0) is 0 Å². The topological polar surface area (TPSA) is 73.1 Å². The Labute approximate surface area is 169 Å². The van der Waals surface area contributed by atoms with Gasteiger partial charge in [0, 0.05) is 11.8 Å². The van der Waals surface area contributed by atoms with Crippen LogP contribution < -0.4 is 10.1 Å². The number of nitrogens with zero attached hydrogens (tertiary/aromatic N) is 3. The number of hydrogen-bond donors (Lipinski definition) is 1. The van der Waals surface area contributed by atoms with Crippen molar-refractivity contribution in [1.82, 2.24) is 15.1 Å². The number of benzene rings is 2. The number of hydrogen-bond acceptors (Lipinski definition) is 6. The lowest BCUT2D eigenvalue weighted by Crippen LogP contribution is -2.11. The fraction of sp³-hybridized carbons (Fsp3) is 0.174. The maximum Gasteiger partial charge on any atom is 0.261 e. The first kappa shape index (κ1) is 18.7. The van der Waals surface area contributed by atoms with Gasteiger partial charge in [-0.05, 0) is 48.4 Å². The van der Waals surface area contributed by atoms with Crippen molar-refractivity contribution >= 4 is 5.82 Å². The van der Waals surface area contributed by atoms with Gasteiger partial charge in [-0.2, -0.15) is 4.98 Å². The lowest BCUT2D eigenvalue weighted by molar-refractivity contribution is 0.415. The highest BCUT2D eigenvalue weighted by Crippen LogP contribution is 2.30. The largest absolute Gasteiger partial charge is 0.497 e. The van der Waals surface area contributed by atoms with Crippen molar-refractivity contribution in [2.75, 3.05) is 12.4 Å². The molecule has 0 saturated carbocycles. The van der Waals surface area contributed by atoms with Crippen molar-refractivity contribution in [3.63, 3.8) is 0 Å². The minimum absolute atomic E-state index is 0.133. The van der Waals surface area contributed by atoms with Crippen LogP contribution in [-0.4, -0.2) is 22.2 Å². The Morgan fingerprint density at radius 3 is 2.52 bits per heavy atom. The Balaban J connectivity index is 1.62. The molecule has 2 heterocycles. The zero-order valence-electron chi connectivity index (χ0n) is 16.4. The minimum Gasteiger partial charge on any atom is -0.497 e. The molecule has 146 valence electrons. The summed E-state index contributed by atoms with van der Waals surface area (Å²) in [6, 6.07) is 21.8. The molecule has 0 spiro atoms. The number of pyridine rings is 1. The van der Waals surface area contributed by atoms with Crippen LogP contribution in [0, 0.1) is 0 Å². The zero-order valence-corrected chi connectivity index (χ0v) is 16.4. The van der Waals surface area contributed by atoms with Gasteiger partial charge in [-0.3, -0.25) is 0 Å². The minimum atomic E-state index is 0.133. The number of rotatable bonds is 7. The molecule has 1 atom stereocenters. The van der Waals surface area contributed by atoms with Gasteiger partial charge in [-0.15, -0.1) is 0 Å². The summed E-state index contributed by atoms with van der Waals surface area (Å²) >= 11 is 0. The molecule has 1 N–H and O–H groups in total. The van der Waals surface area contributed by atoms with E-state index in [0.29, 0.717) is 17.5 Å². The quantitative estimate of drug-likeness (QED) is 0.460. The van der Waals surface area contributed by atoms with Crippen LogP contribution in [0.5, 0.6) is 5.75 Å². The SMILES string of the molecule is CC[C@H](Nc1ncccc1-c1nc(-c2ccc(OC)cc2)no1)c1ccccc1. The Hall–Kier alpha value is -3.67. The molecule has 0 amide bonds. The van der Waals surface area contributed by atoms with Crippen LogP contribution in [0.4, 0.5) is 5.82 Å². The molecule has 0 aliphatic heterocycles. The summed E-state index contributed by atoms with van der Waals surface area (Å²) in [4.78, 5) is 9.09. The van der Waals surface area contributed by atoms with E-state index >= 15 is 0 Å². The van der Waals surface area contributed by atoms with Crippen LogP contribution in [0.25, 0.3) is 22.8 Å². The second kappa shape index (κ2) is 8.56. The van der Waals surface area contributed by atoms with Gasteiger partial charge in [0.1, 0.15) is 11.6 Å². The van der Waals surface area contributed by atoms with Gasteiger partial charge in [0.25, 0.3) is 5.89 Å². The molecule has 2 aromatic heterocycles. The molecule has 0 saturated heterocycles. The molecule has 0 bridgehead atoms. The number of nitrogens with one attached hydrogen (secondary N) is 1. The van der Waals surface area contributed by atoms with E-state index in [9.17, 15) is 0 Å². The second-order valence-corrected chi connectivity index (χ2v) is 6.57. The molecule has 29 heavy (non-hydrogen) atoms. The van der Waals surface area contributed by atoms with Gasteiger partial charge in [-0.25, -0.2) is 4.98 Å². The molecule has 0 fully saturated rings. The summed E-state index contributed by atoms with van der Waals surface area (Å²) in [5.74, 6) is 2.44. The summed E-state index contributed by atoms with van der Waals surface area (Å²) in [7, 11) is 1.64. The standard InChI is InChI=1S/C23H22N4O2/c1-3-20(16-8-5-4-6-9-16)25-22-19(10-7-15-24-22)23-26-21(27-29-23)17-11-13-18(28-2)14-12-17/h4-15,20H,3H2,1-2H3,(H,24,25)/t20-/m0/s1. The van der Waals surface area contributed by atoms with E-state index in [1.807, 2.05) is 54.6 Å². The summed E-state index contributed by atoms with van der Waals surface area (Å²) in [6.07, 6.45) is 2.67. The van der Waals surface area contributed by atoms with E-state index in [0.717, 1.165) is 23.3 Å². The van der Waals surface area contributed by atoms with E-state index in [1.165, 1.54) is 5.56 Å². The smallest absolute Gasteiger partial charge is 0.261 e. The van der Waals surface area contributed by atoms with Crippen LogP contribution in [0.3, 0.4) is 0 Å². The Morgan fingerprint density at radius 2 is 1.79 bits per heavy atom. The first-order valence-corrected chi connectivity index (χ1v) is 9.53. The monoisotopic (exact) mass is 386 g/mol. The summed E-state index contributed by atoms with van der Waals surface area (Å²) in [6.45, 7) is 2.14. The maximum absolute atomic E-state index is 5.55. The highest BCUT2D eigenvalue weighted by atomic mass is 16.5. The van der Waals surface area contributed by atoms with Gasteiger partial charge < -0.3 is 14.6 Å². The van der Waals surface area contributed by atoms with Crippen molar-refractivity contribution in [2.24, 2.45) is 0 Å². The molecule has 6 heteroatoms. The molecule has 0 radical (unpaired) electrons. The van der Waals surface area contributed by atoms with E-state index in [2.05, 4.69) is 39.5 Å². The van der Waals surface area contributed by atoms with Gasteiger partial charge in [0.05, 0.1) is 18.7 Å². The Kier molecular flexibility index (Phi) is 5.52. The predicted molar refractivity (Wildman–Crippen MR) is 113 cm³/mol. The van der Waals surface area contributed by atoms with Crippen LogP contribution in [0.15, 0.2) is 77.4 Å². The van der Waals surface area contributed by atoms with E-state index in [1.54, 1.807) is 13.3 Å². The van der Waals surface area contributed by atoms with Crippen LogP contribution in [0.2, 0.25) is 0 Å². The van der Waals surface area contributed by atoms with Crippen LogP contribution >= 0.6 is 0 Å². The third kappa shape index (κ3) is 4.11. The first-order chi connectivity index (χ1) is 14.3. The van der Waals surface area contributed by atoms with Crippen molar-refractivity contribution in [3.05, 3.63) is 78.5 Å². The van der Waals surface area contributed by atoms with Crippen molar-refractivity contribution in [2.45, 2.75) is 19.4 Å². The molecule has 0 aliphatic rings. The van der Waals surface area contributed by atoms with Gasteiger partial charge in [0.15, 0.2) is 0 Å². The van der Waals surface area contributed by atoms with Crippen LogP contribution in [0.1, 0.15) is 24.9 Å². The number of aromatic nitrogens is 3. The van der Waals surface area contributed by atoms with E-state index < -0.39 is 0 Å². The van der Waals surface area contributed by atoms with Crippen molar-refractivity contribution < 1.29 is 9.26 Å². The molecule has 0 aliphatic carbocycles. The molecule has 4 rings (SSSR count). The molecular formula is C23H22N4O2. The highest BCUT2D eigenvalue weighted by molar-refractivity contribution is 5.70. The predicted octanol–water partition coefficient (Wildman–Crippen LogP) is 5.37.